The second-order valence-electron chi connectivity index (χ2n) is 2.06. The van der Waals surface area contributed by atoms with E-state index in [1.807, 2.05) is 6.07 Å². The van der Waals surface area contributed by atoms with Crippen molar-refractivity contribution in [3.8, 4) is 0 Å². The van der Waals surface area contributed by atoms with Crippen molar-refractivity contribution < 1.29 is 9.42 Å². The molecule has 1 nitrogen and oxygen atoms in total. The van der Waals surface area contributed by atoms with E-state index in [1.165, 1.54) is 0 Å². The van der Waals surface area contributed by atoms with Crippen LogP contribution in [0.15, 0.2) is 30.3 Å². The van der Waals surface area contributed by atoms with Gasteiger partial charge in [-0.15, -0.1) is 0 Å². The molecular formula is C7H8BFO. The molecule has 0 aliphatic heterocycles. The summed E-state index contributed by atoms with van der Waals surface area (Å²) in [6, 6.07) is 8.62. The van der Waals surface area contributed by atoms with Crippen LogP contribution in [0, 0.1) is 0 Å². The lowest BCUT2D eigenvalue weighted by atomic mass is 9.66. The van der Waals surface area contributed by atoms with E-state index >= 15 is 0 Å². The first-order valence-corrected chi connectivity index (χ1v) is 3.14. The molecule has 0 aliphatic carbocycles. The number of rotatable bonds is 2. The van der Waals surface area contributed by atoms with Crippen LogP contribution in [0.25, 0.3) is 0 Å². The van der Waals surface area contributed by atoms with E-state index in [4.69, 9.17) is 5.11 Å². The first kappa shape index (κ1) is 7.28. The average Bonchev–Trinajstić information content (AvgIpc) is 2.05. The summed E-state index contributed by atoms with van der Waals surface area (Å²) in [5.74, 6) is 0. The number of halogens is 1. The van der Waals surface area contributed by atoms with Crippen LogP contribution in [-0.2, 0) is 0 Å². The Labute approximate surface area is 59.6 Å². The molecule has 0 amide bonds. The van der Waals surface area contributed by atoms with Crippen LogP contribution >= 0.6 is 0 Å². The molecule has 0 atom stereocenters. The summed E-state index contributed by atoms with van der Waals surface area (Å²) in [6.45, 7) is -1.68. The van der Waals surface area contributed by atoms with E-state index in [0.29, 0.717) is 5.46 Å². The van der Waals surface area contributed by atoms with E-state index < -0.39 is 13.5 Å². The van der Waals surface area contributed by atoms with Crippen LogP contribution in [0.4, 0.5) is 4.32 Å². The molecule has 52 valence electrons. The fourth-order valence-electron chi connectivity index (χ4n) is 0.767. The minimum atomic E-state index is -1.24. The van der Waals surface area contributed by atoms with Crippen molar-refractivity contribution in [3.63, 3.8) is 0 Å². The van der Waals surface area contributed by atoms with Gasteiger partial charge in [-0.3, -0.25) is 0 Å². The second kappa shape index (κ2) is 3.37. The standard InChI is InChI=1S/C7H8BFO/c9-8(6-10)7-4-2-1-3-5-7/h1-5,10H,6H2. The molecule has 0 spiro atoms. The van der Waals surface area contributed by atoms with E-state index in [9.17, 15) is 4.32 Å². The predicted molar refractivity (Wildman–Crippen MR) is 40.0 cm³/mol. The van der Waals surface area contributed by atoms with Crippen molar-refractivity contribution in [3.05, 3.63) is 30.3 Å². The molecule has 0 saturated carbocycles. The molecule has 0 saturated heterocycles. The molecule has 0 aromatic heterocycles. The van der Waals surface area contributed by atoms with Crippen molar-refractivity contribution >= 4 is 12.5 Å². The molecule has 0 unspecified atom stereocenters. The van der Waals surface area contributed by atoms with Gasteiger partial charge < -0.3 is 9.42 Å². The minimum absolute atomic E-state index is 0.440. The summed E-state index contributed by atoms with van der Waals surface area (Å²) in [6.07, 6.45) is 0. The third kappa shape index (κ3) is 1.58. The van der Waals surface area contributed by atoms with E-state index in [1.54, 1.807) is 24.3 Å². The molecule has 3 heteroatoms. The maximum atomic E-state index is 12.6. The van der Waals surface area contributed by atoms with Crippen molar-refractivity contribution in [1.82, 2.24) is 0 Å². The molecule has 1 rings (SSSR count). The number of benzene rings is 1. The second-order valence-corrected chi connectivity index (χ2v) is 2.06. The zero-order chi connectivity index (χ0) is 7.40. The Morgan fingerprint density at radius 2 is 1.90 bits per heavy atom. The van der Waals surface area contributed by atoms with Gasteiger partial charge in [-0.25, -0.2) is 0 Å². The number of aliphatic hydroxyl groups is 1. The largest absolute Gasteiger partial charge is 0.406 e. The molecule has 0 aliphatic rings. The smallest absolute Gasteiger partial charge is 0.401 e. The van der Waals surface area contributed by atoms with Crippen LogP contribution in [0.3, 0.4) is 0 Å². The van der Waals surface area contributed by atoms with Crippen molar-refractivity contribution in [2.75, 3.05) is 6.51 Å². The number of hydrogen-bond donors (Lipinski definition) is 1. The SMILES string of the molecule is OCB(F)c1ccccc1. The highest BCUT2D eigenvalue weighted by Gasteiger charge is 2.13. The lowest BCUT2D eigenvalue weighted by molar-refractivity contribution is 0.355. The summed E-state index contributed by atoms with van der Waals surface area (Å²) < 4.78 is 12.6. The monoisotopic (exact) mass is 138 g/mol. The molecule has 1 N–H and O–H groups in total. The minimum Gasteiger partial charge on any atom is -0.401 e. The van der Waals surface area contributed by atoms with Crippen molar-refractivity contribution in [2.24, 2.45) is 0 Å². The van der Waals surface area contributed by atoms with Gasteiger partial charge in [0.25, 0.3) is 0 Å². The summed E-state index contributed by atoms with van der Waals surface area (Å²) in [5.41, 5.74) is 0.532. The Morgan fingerprint density at radius 3 is 2.40 bits per heavy atom. The normalized spacial score (nSPS) is 9.40. The number of hydrogen-bond acceptors (Lipinski definition) is 1. The maximum Gasteiger partial charge on any atom is 0.406 e. The van der Waals surface area contributed by atoms with Gasteiger partial charge in [0.1, 0.15) is 0 Å². The Balaban J connectivity index is 2.75. The fraction of sp³-hybridized carbons (Fsp3) is 0.143. The highest BCUT2D eigenvalue weighted by molar-refractivity contribution is 6.66. The Bertz CT molecular complexity index is 190. The third-order valence-electron chi connectivity index (χ3n) is 1.32. The summed E-state index contributed by atoms with van der Waals surface area (Å²) in [5, 5.41) is 8.41. The van der Waals surface area contributed by atoms with Crippen LogP contribution < -0.4 is 5.46 Å². The Kier molecular flexibility index (Phi) is 2.45. The number of aliphatic hydroxyl groups excluding tert-OH is 1. The zero-order valence-electron chi connectivity index (χ0n) is 5.50. The Hall–Kier alpha value is -0.825. The maximum absolute atomic E-state index is 12.6. The molecule has 10 heavy (non-hydrogen) atoms. The summed E-state index contributed by atoms with van der Waals surface area (Å²) in [4.78, 5) is 0. The van der Waals surface area contributed by atoms with Gasteiger partial charge >= 0.3 is 6.99 Å². The zero-order valence-corrected chi connectivity index (χ0v) is 5.50. The lowest BCUT2D eigenvalue weighted by Gasteiger charge is -1.97. The van der Waals surface area contributed by atoms with Gasteiger partial charge in [0, 0.05) is 0 Å². The summed E-state index contributed by atoms with van der Waals surface area (Å²) >= 11 is 0. The van der Waals surface area contributed by atoms with Crippen molar-refractivity contribution in [2.45, 2.75) is 0 Å². The highest BCUT2D eigenvalue weighted by atomic mass is 19.1. The topological polar surface area (TPSA) is 20.2 Å². The van der Waals surface area contributed by atoms with Gasteiger partial charge in [0.2, 0.25) is 0 Å². The molecule has 1 aromatic carbocycles. The van der Waals surface area contributed by atoms with Crippen LogP contribution in [0.2, 0.25) is 0 Å². The molecule has 0 heterocycles. The van der Waals surface area contributed by atoms with Crippen LogP contribution in [-0.4, -0.2) is 18.6 Å². The van der Waals surface area contributed by atoms with E-state index in [2.05, 4.69) is 0 Å². The highest BCUT2D eigenvalue weighted by Crippen LogP contribution is 1.87. The van der Waals surface area contributed by atoms with Gasteiger partial charge in [0.15, 0.2) is 0 Å². The van der Waals surface area contributed by atoms with E-state index in [0.717, 1.165) is 0 Å². The first-order valence-electron chi connectivity index (χ1n) is 3.14. The molecule has 0 bridgehead atoms. The average molecular weight is 138 g/mol. The Morgan fingerprint density at radius 1 is 1.30 bits per heavy atom. The van der Waals surface area contributed by atoms with Gasteiger partial charge in [0.05, 0.1) is 6.51 Å². The molecule has 0 fully saturated rings. The van der Waals surface area contributed by atoms with Crippen molar-refractivity contribution in [1.29, 1.82) is 0 Å². The lowest BCUT2D eigenvalue weighted by Crippen LogP contribution is -2.29. The molecule has 1 aromatic rings. The quantitative estimate of drug-likeness (QED) is 0.586. The van der Waals surface area contributed by atoms with Gasteiger partial charge in [-0.1, -0.05) is 30.3 Å². The summed E-state index contributed by atoms with van der Waals surface area (Å²) in [7, 11) is 0. The van der Waals surface area contributed by atoms with Crippen LogP contribution in [0.5, 0.6) is 0 Å². The third-order valence-corrected chi connectivity index (χ3v) is 1.32. The molecular weight excluding hydrogens is 130 g/mol. The first-order chi connectivity index (χ1) is 4.84. The van der Waals surface area contributed by atoms with Gasteiger partial charge in [-0.2, -0.15) is 0 Å². The van der Waals surface area contributed by atoms with Crippen LogP contribution in [0.1, 0.15) is 0 Å². The fourth-order valence-corrected chi connectivity index (χ4v) is 0.767. The predicted octanol–water partition coefficient (Wildman–Crippen LogP) is 0.386. The molecule has 0 radical (unpaired) electrons. The van der Waals surface area contributed by atoms with Gasteiger partial charge in [-0.05, 0) is 5.46 Å². The van der Waals surface area contributed by atoms with E-state index in [-0.39, 0.29) is 0 Å².